The van der Waals surface area contributed by atoms with E-state index in [4.69, 9.17) is 22.4 Å². The van der Waals surface area contributed by atoms with Gasteiger partial charge < -0.3 is 14.8 Å². The molecule has 5 nitrogen and oxygen atoms in total. The normalized spacial score (nSPS) is 10.4. The Balaban J connectivity index is 2.81. The van der Waals surface area contributed by atoms with E-state index in [1.54, 1.807) is 30.3 Å². The van der Waals surface area contributed by atoms with E-state index < -0.39 is 11.9 Å². The molecular weight excluding hydrogens is 254 g/mol. The highest BCUT2D eigenvalue weighted by Gasteiger charge is 2.22. The second-order valence-electron chi connectivity index (χ2n) is 3.67. The Morgan fingerprint density at radius 2 is 1.83 bits per heavy atom. The number of fused-ring (bicyclic) bond motifs is 1. The van der Waals surface area contributed by atoms with Crippen LogP contribution in [-0.2, 0) is 11.3 Å². The highest BCUT2D eigenvalue weighted by Crippen LogP contribution is 2.28. The predicted molar refractivity (Wildman–Crippen MR) is 66.5 cm³/mol. The van der Waals surface area contributed by atoms with Crippen molar-refractivity contribution in [3.8, 4) is 11.3 Å². The first kappa shape index (κ1) is 12.3. The molecule has 0 spiro atoms. The van der Waals surface area contributed by atoms with E-state index in [0.717, 1.165) is 0 Å². The minimum atomic E-state index is -1.15. The fourth-order valence-corrected chi connectivity index (χ4v) is 2.20. The summed E-state index contributed by atoms with van der Waals surface area (Å²) in [5.41, 5.74) is 0.918. The van der Waals surface area contributed by atoms with Crippen LogP contribution in [0.5, 0.6) is 0 Å². The van der Waals surface area contributed by atoms with E-state index >= 15 is 0 Å². The van der Waals surface area contributed by atoms with Crippen molar-refractivity contribution in [1.29, 1.82) is 0 Å². The Morgan fingerprint density at radius 1 is 1.17 bits per heavy atom. The van der Waals surface area contributed by atoms with Crippen molar-refractivity contribution >= 4 is 24.2 Å². The van der Waals surface area contributed by atoms with Crippen LogP contribution >= 0.6 is 12.2 Å². The van der Waals surface area contributed by atoms with Crippen molar-refractivity contribution < 1.29 is 19.8 Å². The molecule has 92 valence electrons. The molecule has 0 aromatic heterocycles. The van der Waals surface area contributed by atoms with Crippen LogP contribution in [0.2, 0.25) is 0 Å². The maximum absolute atomic E-state index is 11.2. The number of aliphatic carboxylic acids is 1. The zero-order chi connectivity index (χ0) is 13.3. The molecule has 0 bridgehead atoms. The van der Waals surface area contributed by atoms with Gasteiger partial charge in [0.25, 0.3) is 0 Å². The van der Waals surface area contributed by atoms with E-state index in [-0.39, 0.29) is 16.7 Å². The first-order valence-corrected chi connectivity index (χ1v) is 5.50. The van der Waals surface area contributed by atoms with Crippen LogP contribution < -0.4 is 0 Å². The summed E-state index contributed by atoms with van der Waals surface area (Å²) in [4.78, 5) is 22.0. The number of rotatable bonds is 3. The number of carbonyl (C=O) groups is 2. The lowest BCUT2D eigenvalue weighted by molar-refractivity contribution is -0.137. The molecule has 1 heterocycles. The summed E-state index contributed by atoms with van der Waals surface area (Å²) in [5.74, 6) is -2.22. The molecular formula is C12H9NO4S. The molecule has 0 saturated heterocycles. The molecule has 2 aliphatic rings. The summed E-state index contributed by atoms with van der Waals surface area (Å²) in [6.45, 7) is -0.355. The number of hydrogen-bond acceptors (Lipinski definition) is 3. The zero-order valence-corrected chi connectivity index (χ0v) is 9.98. The Hall–Kier alpha value is -2.21. The van der Waals surface area contributed by atoms with Crippen molar-refractivity contribution in [3.63, 3.8) is 0 Å². The molecule has 0 fully saturated rings. The second-order valence-corrected chi connectivity index (χ2v) is 4.06. The number of aromatic nitrogens is 1. The van der Waals surface area contributed by atoms with Crippen LogP contribution in [0.3, 0.4) is 0 Å². The molecule has 18 heavy (non-hydrogen) atoms. The largest absolute Gasteiger partial charge is 0.480 e. The van der Waals surface area contributed by atoms with E-state index in [9.17, 15) is 9.59 Å². The number of nitrogens with zero attached hydrogens (tertiary/aromatic N) is 1. The van der Waals surface area contributed by atoms with Gasteiger partial charge >= 0.3 is 11.9 Å². The van der Waals surface area contributed by atoms with Crippen molar-refractivity contribution in [2.24, 2.45) is 0 Å². The van der Waals surface area contributed by atoms with Gasteiger partial charge in [0.05, 0.1) is 5.69 Å². The molecule has 0 radical (unpaired) electrons. The molecule has 2 N–H and O–H groups in total. The van der Waals surface area contributed by atoms with E-state index in [1.165, 1.54) is 4.57 Å². The van der Waals surface area contributed by atoms with Gasteiger partial charge in [-0.2, -0.15) is 0 Å². The first-order chi connectivity index (χ1) is 8.52. The summed E-state index contributed by atoms with van der Waals surface area (Å²) in [7, 11) is 0. The standard InChI is InChI=1S/C12H9NO4S/c14-9(15)6-13-8-5-3-1-2-4-7(8)10(11(13)18)12(16)17/h1-5H,6H2,(H,14,15)(H,16,17). The van der Waals surface area contributed by atoms with E-state index in [1.807, 2.05) is 0 Å². The van der Waals surface area contributed by atoms with Crippen LogP contribution in [0, 0.1) is 4.64 Å². The first-order valence-electron chi connectivity index (χ1n) is 5.09. The quantitative estimate of drug-likeness (QED) is 0.829. The van der Waals surface area contributed by atoms with Crippen LogP contribution in [0.25, 0.3) is 11.3 Å². The molecule has 6 heteroatoms. The molecule has 1 aliphatic heterocycles. The molecule has 1 aliphatic carbocycles. The number of aromatic carboxylic acids is 1. The van der Waals surface area contributed by atoms with Gasteiger partial charge in [-0.25, -0.2) is 4.79 Å². The van der Waals surface area contributed by atoms with Gasteiger partial charge in [0, 0.05) is 5.56 Å². The molecule has 0 saturated carbocycles. The summed E-state index contributed by atoms with van der Waals surface area (Å²) < 4.78 is 1.35. The van der Waals surface area contributed by atoms with Gasteiger partial charge in [-0.05, 0) is 6.07 Å². The minimum Gasteiger partial charge on any atom is -0.480 e. The summed E-state index contributed by atoms with van der Waals surface area (Å²) in [5, 5.41) is 18.0. The SMILES string of the molecule is O=C(O)Cn1c2cccccc-2c(C(=O)O)c1=S. The fraction of sp³-hybridized carbons (Fsp3) is 0.0833. The van der Waals surface area contributed by atoms with Crippen LogP contribution in [0.4, 0.5) is 0 Å². The van der Waals surface area contributed by atoms with Gasteiger partial charge in [-0.3, -0.25) is 4.79 Å². The monoisotopic (exact) mass is 263 g/mol. The maximum atomic E-state index is 11.2. The zero-order valence-electron chi connectivity index (χ0n) is 9.16. The van der Waals surface area contributed by atoms with Gasteiger partial charge in [-0.15, -0.1) is 0 Å². The lowest BCUT2D eigenvalue weighted by Crippen LogP contribution is -2.09. The Morgan fingerprint density at radius 3 is 2.44 bits per heavy atom. The van der Waals surface area contributed by atoms with Crippen molar-refractivity contribution in [2.45, 2.75) is 6.54 Å². The van der Waals surface area contributed by atoms with E-state index in [2.05, 4.69) is 0 Å². The minimum absolute atomic E-state index is 0.0301. The van der Waals surface area contributed by atoms with Crippen molar-refractivity contribution in [1.82, 2.24) is 4.57 Å². The highest BCUT2D eigenvalue weighted by molar-refractivity contribution is 7.71. The third-order valence-corrected chi connectivity index (χ3v) is 2.97. The Labute approximate surface area is 107 Å². The lowest BCUT2D eigenvalue weighted by atomic mass is 10.1. The van der Waals surface area contributed by atoms with Crippen molar-refractivity contribution in [2.75, 3.05) is 0 Å². The maximum Gasteiger partial charge on any atom is 0.339 e. The second kappa shape index (κ2) is 4.58. The van der Waals surface area contributed by atoms with Crippen molar-refractivity contribution in [3.05, 3.63) is 40.5 Å². The molecule has 0 aromatic rings. The third-order valence-electron chi connectivity index (χ3n) is 2.54. The van der Waals surface area contributed by atoms with Gasteiger partial charge in [0.15, 0.2) is 0 Å². The number of carboxylic acid groups (broad SMARTS) is 2. The van der Waals surface area contributed by atoms with Gasteiger partial charge in [0.2, 0.25) is 0 Å². The summed E-state index contributed by atoms with van der Waals surface area (Å²) >= 11 is 5.04. The average molecular weight is 263 g/mol. The third kappa shape index (κ3) is 1.98. The van der Waals surface area contributed by atoms with Crippen LogP contribution in [0.15, 0.2) is 30.3 Å². The molecule has 0 aromatic carbocycles. The molecule has 0 atom stereocenters. The highest BCUT2D eigenvalue weighted by atomic mass is 32.1. The average Bonchev–Trinajstić information content (AvgIpc) is 2.46. The number of hydrogen-bond donors (Lipinski definition) is 2. The predicted octanol–water partition coefficient (Wildman–Crippen LogP) is 2.11. The molecule has 0 unspecified atom stereocenters. The van der Waals surface area contributed by atoms with E-state index in [0.29, 0.717) is 11.3 Å². The topological polar surface area (TPSA) is 79.5 Å². The summed E-state index contributed by atoms with van der Waals surface area (Å²) in [6, 6.07) is 8.41. The summed E-state index contributed by atoms with van der Waals surface area (Å²) in [6.07, 6.45) is 0. The molecule has 0 amide bonds. The Bertz CT molecular complexity index is 662. The van der Waals surface area contributed by atoms with Crippen LogP contribution in [-0.4, -0.2) is 26.7 Å². The smallest absolute Gasteiger partial charge is 0.339 e. The van der Waals surface area contributed by atoms with Gasteiger partial charge in [-0.1, -0.05) is 36.5 Å². The number of carboxylic acids is 2. The molecule has 2 rings (SSSR count). The van der Waals surface area contributed by atoms with Crippen LogP contribution in [0.1, 0.15) is 10.4 Å². The Kier molecular flexibility index (Phi) is 3.12. The fourth-order valence-electron chi connectivity index (χ4n) is 1.84. The van der Waals surface area contributed by atoms with Gasteiger partial charge in [0.1, 0.15) is 16.7 Å². The lowest BCUT2D eigenvalue weighted by Gasteiger charge is -2.02.